The number of amides is 1. The second-order valence-corrected chi connectivity index (χ2v) is 8.22. The van der Waals surface area contributed by atoms with Crippen molar-refractivity contribution < 1.29 is 26.7 Å². The number of nitrogens with one attached hydrogen (secondary N) is 2. The molecule has 0 bridgehead atoms. The molecule has 0 saturated heterocycles. The Morgan fingerprint density at radius 2 is 1.66 bits per heavy atom. The van der Waals surface area contributed by atoms with Crippen LogP contribution >= 0.6 is 0 Å². The van der Waals surface area contributed by atoms with E-state index in [0.717, 1.165) is 23.3 Å². The van der Waals surface area contributed by atoms with Crippen LogP contribution in [0.4, 0.5) is 18.9 Å². The minimum Gasteiger partial charge on any atom is -0.760 e. The van der Waals surface area contributed by atoms with E-state index in [0.29, 0.717) is 35.2 Å². The monoisotopic (exact) mass is 459 g/mol. The van der Waals surface area contributed by atoms with Gasteiger partial charge in [0.15, 0.2) is 0 Å². The molecule has 1 aliphatic rings. The normalized spacial score (nSPS) is 16.4. The van der Waals surface area contributed by atoms with Gasteiger partial charge in [-0.15, -0.1) is 0 Å². The molecular formula is C23H18F3N2O3S-. The van der Waals surface area contributed by atoms with E-state index >= 15 is 0 Å². The van der Waals surface area contributed by atoms with Crippen LogP contribution in [0.1, 0.15) is 27.0 Å². The molecule has 0 aliphatic heterocycles. The van der Waals surface area contributed by atoms with Crippen LogP contribution in [-0.4, -0.2) is 20.7 Å². The van der Waals surface area contributed by atoms with Crippen molar-refractivity contribution >= 4 is 22.9 Å². The van der Waals surface area contributed by atoms with Gasteiger partial charge in [-0.25, -0.2) is 4.72 Å². The molecule has 9 heteroatoms. The Kier molecular flexibility index (Phi) is 6.14. The first kappa shape index (κ1) is 22.2. The molecule has 0 spiro atoms. The third kappa shape index (κ3) is 4.90. The average molecular weight is 459 g/mol. The first-order chi connectivity index (χ1) is 15.2. The van der Waals surface area contributed by atoms with Gasteiger partial charge in [0, 0.05) is 28.6 Å². The van der Waals surface area contributed by atoms with E-state index in [1.165, 1.54) is 12.1 Å². The Bertz CT molecular complexity index is 1180. The molecule has 2 atom stereocenters. The van der Waals surface area contributed by atoms with E-state index in [2.05, 4.69) is 10.0 Å². The Morgan fingerprint density at radius 1 is 0.969 bits per heavy atom. The molecular weight excluding hydrogens is 441 g/mol. The van der Waals surface area contributed by atoms with E-state index in [1.54, 1.807) is 30.3 Å². The predicted molar refractivity (Wildman–Crippen MR) is 115 cm³/mol. The molecule has 2 unspecified atom stereocenters. The molecule has 0 heterocycles. The van der Waals surface area contributed by atoms with Crippen molar-refractivity contribution in [2.45, 2.75) is 25.1 Å². The Hall–Kier alpha value is -3.01. The van der Waals surface area contributed by atoms with Gasteiger partial charge in [-0.1, -0.05) is 36.4 Å². The number of hydrogen-bond acceptors (Lipinski definition) is 3. The summed E-state index contributed by atoms with van der Waals surface area (Å²) in [6.45, 7) is 0. The van der Waals surface area contributed by atoms with Crippen LogP contribution in [0.3, 0.4) is 0 Å². The number of carbonyl (C=O) groups is 1. The van der Waals surface area contributed by atoms with Gasteiger partial charge >= 0.3 is 6.18 Å². The quantitative estimate of drug-likeness (QED) is 0.552. The lowest BCUT2D eigenvalue weighted by Crippen LogP contribution is -2.30. The molecule has 166 valence electrons. The Morgan fingerprint density at radius 3 is 2.34 bits per heavy atom. The maximum Gasteiger partial charge on any atom is 0.416 e. The highest BCUT2D eigenvalue weighted by atomic mass is 32.2. The molecule has 3 aromatic carbocycles. The van der Waals surface area contributed by atoms with E-state index in [1.807, 2.05) is 12.1 Å². The molecule has 5 nitrogen and oxygen atoms in total. The fourth-order valence-electron chi connectivity index (χ4n) is 3.89. The first-order valence-corrected chi connectivity index (χ1v) is 10.8. The highest BCUT2D eigenvalue weighted by Crippen LogP contribution is 2.32. The van der Waals surface area contributed by atoms with Crippen LogP contribution in [0.25, 0.3) is 11.1 Å². The van der Waals surface area contributed by atoms with Crippen LogP contribution in [-0.2, 0) is 30.3 Å². The lowest BCUT2D eigenvalue weighted by Gasteiger charge is -2.13. The fraction of sp³-hybridized carbons (Fsp3) is 0.174. The Labute approximate surface area is 185 Å². The summed E-state index contributed by atoms with van der Waals surface area (Å²) in [5.41, 5.74) is 3.10. The van der Waals surface area contributed by atoms with Gasteiger partial charge in [-0.2, -0.15) is 13.2 Å². The summed E-state index contributed by atoms with van der Waals surface area (Å²) < 4.78 is 62.8. The van der Waals surface area contributed by atoms with Gasteiger partial charge < -0.3 is 9.87 Å². The zero-order chi connectivity index (χ0) is 22.9. The number of benzene rings is 3. The van der Waals surface area contributed by atoms with Crippen molar-refractivity contribution in [3.05, 3.63) is 89.0 Å². The van der Waals surface area contributed by atoms with E-state index < -0.39 is 28.9 Å². The topological polar surface area (TPSA) is 81.3 Å². The van der Waals surface area contributed by atoms with Gasteiger partial charge in [0.1, 0.15) is 0 Å². The van der Waals surface area contributed by atoms with Crippen LogP contribution in [0.5, 0.6) is 0 Å². The van der Waals surface area contributed by atoms with Crippen molar-refractivity contribution in [2.75, 3.05) is 5.32 Å². The smallest absolute Gasteiger partial charge is 0.416 e. The third-order valence-corrected chi connectivity index (χ3v) is 5.88. The maximum absolute atomic E-state index is 13.0. The molecule has 0 aromatic heterocycles. The number of fused-ring (bicyclic) bond motifs is 1. The second-order valence-electron chi connectivity index (χ2n) is 7.52. The number of alkyl halides is 3. The summed E-state index contributed by atoms with van der Waals surface area (Å²) in [6.07, 6.45) is -3.33. The second kappa shape index (κ2) is 8.85. The highest BCUT2D eigenvalue weighted by molar-refractivity contribution is 7.77. The maximum atomic E-state index is 13.0. The minimum absolute atomic E-state index is 0.213. The molecule has 0 fully saturated rings. The van der Waals surface area contributed by atoms with Crippen LogP contribution in [0, 0.1) is 0 Å². The van der Waals surface area contributed by atoms with Gasteiger partial charge in [-0.05, 0) is 65.4 Å². The van der Waals surface area contributed by atoms with Crippen molar-refractivity contribution in [1.29, 1.82) is 0 Å². The molecule has 4 rings (SSSR count). The lowest BCUT2D eigenvalue weighted by molar-refractivity contribution is -0.137. The van der Waals surface area contributed by atoms with Crippen molar-refractivity contribution in [3.63, 3.8) is 0 Å². The first-order valence-electron chi connectivity index (χ1n) is 9.76. The van der Waals surface area contributed by atoms with E-state index in [-0.39, 0.29) is 6.04 Å². The zero-order valence-electron chi connectivity index (χ0n) is 16.6. The molecule has 0 radical (unpaired) electrons. The fourth-order valence-corrected chi connectivity index (χ4v) is 4.32. The van der Waals surface area contributed by atoms with Crippen molar-refractivity contribution in [3.8, 4) is 11.1 Å². The molecule has 2 N–H and O–H groups in total. The standard InChI is InChI=1S/C23H19F3N2O3S/c24-23(25,26)17-8-5-14(6-9-17)20-3-1-2-4-21(20)22(29)27-18-10-7-15-11-19(28-32(30)31)13-16(15)12-18/h1-10,12,19,28H,11,13H2,(H,27,29)(H,30,31)/p-1. The molecule has 0 saturated carbocycles. The SMILES string of the molecule is O=C(Nc1ccc2c(c1)CC(NS(=O)[O-])C2)c1ccccc1-c1ccc(C(F)(F)F)cc1. The summed E-state index contributed by atoms with van der Waals surface area (Å²) in [6, 6.07) is 16.5. The zero-order valence-corrected chi connectivity index (χ0v) is 17.4. The number of halogens is 3. The Balaban J connectivity index is 1.54. The molecule has 1 amide bonds. The largest absolute Gasteiger partial charge is 0.760 e. The number of rotatable bonds is 5. The van der Waals surface area contributed by atoms with Crippen LogP contribution in [0.2, 0.25) is 0 Å². The van der Waals surface area contributed by atoms with E-state index in [4.69, 9.17) is 0 Å². The molecule has 3 aromatic rings. The third-order valence-electron chi connectivity index (χ3n) is 5.35. The molecule has 32 heavy (non-hydrogen) atoms. The summed E-state index contributed by atoms with van der Waals surface area (Å²) in [5.74, 6) is -0.395. The van der Waals surface area contributed by atoms with Gasteiger partial charge in [-0.3, -0.25) is 9.00 Å². The summed E-state index contributed by atoms with van der Waals surface area (Å²) in [5, 5.41) is 2.83. The predicted octanol–water partition coefficient (Wildman–Crippen LogP) is 4.48. The van der Waals surface area contributed by atoms with Gasteiger partial charge in [0.25, 0.3) is 5.91 Å². The molecule has 1 aliphatic carbocycles. The number of carbonyl (C=O) groups excluding carboxylic acids is 1. The van der Waals surface area contributed by atoms with Crippen molar-refractivity contribution in [2.24, 2.45) is 0 Å². The van der Waals surface area contributed by atoms with Crippen LogP contribution < -0.4 is 10.0 Å². The van der Waals surface area contributed by atoms with Crippen molar-refractivity contribution in [1.82, 2.24) is 4.72 Å². The lowest BCUT2D eigenvalue weighted by atomic mass is 9.98. The van der Waals surface area contributed by atoms with Crippen LogP contribution in [0.15, 0.2) is 66.7 Å². The van der Waals surface area contributed by atoms with E-state index in [9.17, 15) is 26.7 Å². The van der Waals surface area contributed by atoms with Gasteiger partial charge in [0.2, 0.25) is 0 Å². The minimum atomic E-state index is -4.43. The summed E-state index contributed by atoms with van der Waals surface area (Å²) >= 11 is -2.34. The summed E-state index contributed by atoms with van der Waals surface area (Å²) in [7, 11) is 0. The average Bonchev–Trinajstić information content (AvgIpc) is 3.14. The van der Waals surface area contributed by atoms with Gasteiger partial charge in [0.05, 0.1) is 5.56 Å². The number of hydrogen-bond donors (Lipinski definition) is 2. The highest BCUT2D eigenvalue weighted by Gasteiger charge is 2.30. The summed E-state index contributed by atoms with van der Waals surface area (Å²) in [4.78, 5) is 13.0. The number of anilines is 1.